The van der Waals surface area contributed by atoms with Gasteiger partial charge in [0.15, 0.2) is 0 Å². The molecule has 188 valence electrons. The lowest BCUT2D eigenvalue weighted by Crippen LogP contribution is -2.28. The van der Waals surface area contributed by atoms with Gasteiger partial charge in [-0.2, -0.15) is 0 Å². The fraction of sp³-hybridized carbons (Fsp3) is 0.333. The number of hydrogen-bond acceptors (Lipinski definition) is 3. The minimum atomic E-state index is -0.00846. The molecular weight excluding hydrogens is 470 g/mol. The van der Waals surface area contributed by atoms with E-state index in [1.165, 1.54) is 5.56 Å². The Kier molecular flexibility index (Phi) is 8.32. The van der Waals surface area contributed by atoms with Gasteiger partial charge in [0, 0.05) is 24.5 Å². The van der Waals surface area contributed by atoms with E-state index in [0.29, 0.717) is 31.0 Å². The maximum atomic E-state index is 12.4. The van der Waals surface area contributed by atoms with Gasteiger partial charge in [-0.25, -0.2) is 4.98 Å². The third kappa shape index (κ3) is 6.88. The number of halogens is 1. The summed E-state index contributed by atoms with van der Waals surface area (Å²) in [6.45, 7) is 8.59. The first-order valence-electron chi connectivity index (χ1n) is 12.5. The number of imidazole rings is 1. The third-order valence-electron chi connectivity index (χ3n) is 6.20. The van der Waals surface area contributed by atoms with Gasteiger partial charge < -0.3 is 14.6 Å². The Hall–Kier alpha value is -3.31. The van der Waals surface area contributed by atoms with Crippen LogP contribution in [0.5, 0.6) is 5.75 Å². The summed E-state index contributed by atoms with van der Waals surface area (Å²) < 4.78 is 8.24. The molecule has 3 aromatic carbocycles. The fourth-order valence-electron chi connectivity index (χ4n) is 4.19. The summed E-state index contributed by atoms with van der Waals surface area (Å²) in [5.74, 6) is 1.85. The number of carbonyl (C=O) groups excluding carboxylic acids is 1. The number of aryl methyl sites for hydroxylation is 1. The van der Waals surface area contributed by atoms with E-state index < -0.39 is 0 Å². The lowest BCUT2D eigenvalue weighted by atomic mass is 9.87. The van der Waals surface area contributed by atoms with E-state index in [1.54, 1.807) is 12.1 Å². The van der Waals surface area contributed by atoms with E-state index >= 15 is 0 Å². The number of ether oxygens (including phenoxy) is 1. The topological polar surface area (TPSA) is 56.1 Å². The molecule has 1 heterocycles. The van der Waals surface area contributed by atoms with Crippen LogP contribution in [0.25, 0.3) is 11.0 Å². The van der Waals surface area contributed by atoms with Crippen LogP contribution in [0.1, 0.15) is 44.1 Å². The van der Waals surface area contributed by atoms with E-state index in [0.717, 1.165) is 41.1 Å². The number of fused-ring (bicyclic) bond motifs is 1. The third-order valence-corrected chi connectivity index (χ3v) is 6.45. The number of amides is 1. The second kappa shape index (κ2) is 11.6. The van der Waals surface area contributed by atoms with Crippen molar-refractivity contribution in [2.75, 3.05) is 13.2 Å². The van der Waals surface area contributed by atoms with E-state index in [-0.39, 0.29) is 11.3 Å². The van der Waals surface area contributed by atoms with Crippen LogP contribution in [0.4, 0.5) is 0 Å². The number of para-hydroxylation sites is 2. The van der Waals surface area contributed by atoms with E-state index in [9.17, 15) is 4.79 Å². The molecule has 0 saturated carbocycles. The van der Waals surface area contributed by atoms with Crippen molar-refractivity contribution < 1.29 is 9.53 Å². The van der Waals surface area contributed by atoms with Gasteiger partial charge in [0.25, 0.3) is 0 Å². The second-order valence-corrected chi connectivity index (χ2v) is 10.5. The Balaban J connectivity index is 1.31. The molecule has 1 amide bonds. The molecule has 0 saturated heterocycles. The molecule has 4 aromatic rings. The number of aromatic nitrogens is 2. The molecule has 0 fully saturated rings. The van der Waals surface area contributed by atoms with Crippen molar-refractivity contribution in [3.63, 3.8) is 0 Å². The predicted octanol–water partition coefficient (Wildman–Crippen LogP) is 6.36. The molecule has 0 spiro atoms. The van der Waals surface area contributed by atoms with Crippen LogP contribution < -0.4 is 10.1 Å². The average molecular weight is 504 g/mol. The number of nitrogens with zero attached hydrogens (tertiary/aromatic N) is 2. The summed E-state index contributed by atoms with van der Waals surface area (Å²) in [7, 11) is 0. The standard InChI is InChI=1S/C30H34ClN3O2/c1-30(2,3)23-11-15-25(16-12-23)36-20-6-19-34-27-8-5-4-7-26(27)33-28(34)17-18-32-29(35)21-22-9-13-24(31)14-10-22/h4-5,7-16H,6,17-21H2,1-3H3,(H,32,35). The number of nitrogens with one attached hydrogen (secondary N) is 1. The van der Waals surface area contributed by atoms with Gasteiger partial charge in [-0.05, 0) is 59.4 Å². The number of rotatable bonds is 10. The minimum absolute atomic E-state index is 0.00846. The van der Waals surface area contributed by atoms with Crippen LogP contribution in [-0.4, -0.2) is 28.6 Å². The van der Waals surface area contributed by atoms with Crippen molar-refractivity contribution in [1.29, 1.82) is 0 Å². The van der Waals surface area contributed by atoms with Crippen molar-refractivity contribution in [2.24, 2.45) is 0 Å². The van der Waals surface area contributed by atoms with Gasteiger partial charge in [0.05, 0.1) is 24.1 Å². The molecule has 1 N–H and O–H groups in total. The molecule has 0 bridgehead atoms. The molecule has 0 radical (unpaired) electrons. The van der Waals surface area contributed by atoms with E-state index in [4.69, 9.17) is 21.3 Å². The molecule has 5 nitrogen and oxygen atoms in total. The van der Waals surface area contributed by atoms with Gasteiger partial charge in [0.2, 0.25) is 5.91 Å². The molecular formula is C30H34ClN3O2. The highest BCUT2D eigenvalue weighted by Gasteiger charge is 2.14. The van der Waals surface area contributed by atoms with Crippen molar-refractivity contribution in [3.05, 3.63) is 94.8 Å². The Morgan fingerprint density at radius 2 is 1.72 bits per heavy atom. The molecule has 36 heavy (non-hydrogen) atoms. The number of hydrogen-bond donors (Lipinski definition) is 1. The van der Waals surface area contributed by atoms with Crippen molar-refractivity contribution in [1.82, 2.24) is 14.9 Å². The second-order valence-electron chi connectivity index (χ2n) is 10.0. The Labute approximate surface area is 218 Å². The summed E-state index contributed by atoms with van der Waals surface area (Å²) in [5, 5.41) is 3.69. The molecule has 0 aliphatic heterocycles. The normalized spacial score (nSPS) is 11.6. The number of benzene rings is 3. The van der Waals surface area contributed by atoms with Crippen LogP contribution in [0.2, 0.25) is 5.02 Å². The highest BCUT2D eigenvalue weighted by atomic mass is 35.5. The summed E-state index contributed by atoms with van der Waals surface area (Å²) >= 11 is 5.93. The first-order valence-corrected chi connectivity index (χ1v) is 12.9. The van der Waals surface area contributed by atoms with Crippen LogP contribution >= 0.6 is 11.6 Å². The van der Waals surface area contributed by atoms with E-state index in [1.807, 2.05) is 42.5 Å². The summed E-state index contributed by atoms with van der Waals surface area (Å²) in [5.41, 5.74) is 4.45. The lowest BCUT2D eigenvalue weighted by Gasteiger charge is -2.19. The zero-order valence-electron chi connectivity index (χ0n) is 21.3. The van der Waals surface area contributed by atoms with Crippen LogP contribution in [0.15, 0.2) is 72.8 Å². The van der Waals surface area contributed by atoms with Gasteiger partial charge >= 0.3 is 0 Å². The summed E-state index contributed by atoms with van der Waals surface area (Å²) in [4.78, 5) is 17.2. The zero-order valence-corrected chi connectivity index (χ0v) is 22.0. The van der Waals surface area contributed by atoms with Crippen molar-refractivity contribution in [3.8, 4) is 5.75 Å². The Bertz CT molecular complexity index is 1290. The van der Waals surface area contributed by atoms with E-state index in [2.05, 4.69) is 48.9 Å². The molecule has 0 unspecified atom stereocenters. The molecule has 4 rings (SSSR count). The molecule has 1 aromatic heterocycles. The quantitative estimate of drug-likeness (QED) is 0.256. The van der Waals surface area contributed by atoms with Crippen LogP contribution in [0, 0.1) is 0 Å². The highest BCUT2D eigenvalue weighted by molar-refractivity contribution is 6.30. The van der Waals surface area contributed by atoms with Gasteiger partial charge in [0.1, 0.15) is 11.6 Å². The van der Waals surface area contributed by atoms with Crippen LogP contribution in [-0.2, 0) is 29.6 Å². The van der Waals surface area contributed by atoms with Gasteiger partial charge in [-0.15, -0.1) is 0 Å². The summed E-state index contributed by atoms with van der Waals surface area (Å²) in [6.07, 6.45) is 1.86. The van der Waals surface area contributed by atoms with Crippen molar-refractivity contribution >= 4 is 28.5 Å². The van der Waals surface area contributed by atoms with Gasteiger partial charge in [-0.1, -0.05) is 68.8 Å². The van der Waals surface area contributed by atoms with Crippen molar-refractivity contribution in [2.45, 2.75) is 52.0 Å². The predicted molar refractivity (Wildman–Crippen MR) is 147 cm³/mol. The zero-order chi connectivity index (χ0) is 25.5. The molecule has 0 aliphatic carbocycles. The molecule has 0 atom stereocenters. The monoisotopic (exact) mass is 503 g/mol. The Morgan fingerprint density at radius 3 is 2.44 bits per heavy atom. The maximum Gasteiger partial charge on any atom is 0.224 e. The van der Waals surface area contributed by atoms with Crippen LogP contribution in [0.3, 0.4) is 0 Å². The minimum Gasteiger partial charge on any atom is -0.494 e. The largest absolute Gasteiger partial charge is 0.494 e. The first-order chi connectivity index (χ1) is 17.3. The number of carbonyl (C=O) groups is 1. The smallest absolute Gasteiger partial charge is 0.224 e. The lowest BCUT2D eigenvalue weighted by molar-refractivity contribution is -0.120. The fourth-order valence-corrected chi connectivity index (χ4v) is 4.32. The highest BCUT2D eigenvalue weighted by Crippen LogP contribution is 2.24. The maximum absolute atomic E-state index is 12.4. The molecule has 6 heteroatoms. The SMILES string of the molecule is CC(C)(C)c1ccc(OCCCn2c(CCNC(=O)Cc3ccc(Cl)cc3)nc3ccccc32)cc1. The first kappa shape index (κ1) is 25.8. The average Bonchev–Trinajstić information content (AvgIpc) is 3.20. The van der Waals surface area contributed by atoms with Gasteiger partial charge in [-0.3, -0.25) is 4.79 Å². The summed E-state index contributed by atoms with van der Waals surface area (Å²) in [6, 6.07) is 23.9. The Morgan fingerprint density at radius 1 is 1.00 bits per heavy atom. The molecule has 0 aliphatic rings.